The SMILES string of the molecule is CN1CCC(NCc2cnn(CCO)c2)C1. The molecule has 1 saturated heterocycles. The Balaban J connectivity index is 1.76. The Morgan fingerprint density at radius 1 is 1.62 bits per heavy atom. The van der Waals surface area contributed by atoms with Crippen molar-refractivity contribution in [2.24, 2.45) is 0 Å². The molecule has 0 amide bonds. The Morgan fingerprint density at radius 3 is 3.19 bits per heavy atom. The predicted octanol–water partition coefficient (Wildman–Crippen LogP) is -0.331. The van der Waals surface area contributed by atoms with E-state index in [1.165, 1.54) is 18.5 Å². The highest BCUT2D eigenvalue weighted by Gasteiger charge is 2.18. The molecule has 0 radical (unpaired) electrons. The van der Waals surface area contributed by atoms with Gasteiger partial charge in [0.05, 0.1) is 19.3 Å². The normalized spacial score (nSPS) is 21.8. The van der Waals surface area contributed by atoms with E-state index in [0.717, 1.165) is 13.1 Å². The molecule has 1 unspecified atom stereocenters. The van der Waals surface area contributed by atoms with Gasteiger partial charge in [0.2, 0.25) is 0 Å². The Labute approximate surface area is 96.1 Å². The first-order valence-electron chi connectivity index (χ1n) is 5.82. The number of nitrogens with zero attached hydrogens (tertiary/aromatic N) is 3. The van der Waals surface area contributed by atoms with E-state index in [-0.39, 0.29) is 6.61 Å². The third-order valence-electron chi connectivity index (χ3n) is 3.00. The molecular formula is C11H20N4O. The Bertz CT molecular complexity index is 326. The lowest BCUT2D eigenvalue weighted by Gasteiger charge is -2.11. The lowest BCUT2D eigenvalue weighted by molar-refractivity contribution is 0.269. The number of aliphatic hydroxyl groups excluding tert-OH is 1. The van der Waals surface area contributed by atoms with Gasteiger partial charge in [-0.1, -0.05) is 0 Å². The van der Waals surface area contributed by atoms with Crippen LogP contribution in [0.15, 0.2) is 12.4 Å². The summed E-state index contributed by atoms with van der Waals surface area (Å²) in [6, 6.07) is 0.603. The maximum absolute atomic E-state index is 8.78. The van der Waals surface area contributed by atoms with E-state index in [2.05, 4.69) is 22.4 Å². The van der Waals surface area contributed by atoms with E-state index in [9.17, 15) is 0 Å². The van der Waals surface area contributed by atoms with Crippen molar-refractivity contribution in [3.05, 3.63) is 18.0 Å². The van der Waals surface area contributed by atoms with Gasteiger partial charge in [0, 0.05) is 30.9 Å². The quantitative estimate of drug-likeness (QED) is 0.719. The highest BCUT2D eigenvalue weighted by molar-refractivity contribution is 5.03. The molecule has 0 aliphatic carbocycles. The molecule has 0 spiro atoms. The van der Waals surface area contributed by atoms with Crippen LogP contribution in [0.25, 0.3) is 0 Å². The Morgan fingerprint density at radius 2 is 2.50 bits per heavy atom. The maximum atomic E-state index is 8.78. The van der Waals surface area contributed by atoms with Gasteiger partial charge in [-0.15, -0.1) is 0 Å². The topological polar surface area (TPSA) is 53.3 Å². The second kappa shape index (κ2) is 5.43. The number of aliphatic hydroxyl groups is 1. The predicted molar refractivity (Wildman–Crippen MR) is 62.1 cm³/mol. The van der Waals surface area contributed by atoms with Crippen LogP contribution in [0.1, 0.15) is 12.0 Å². The summed E-state index contributed by atoms with van der Waals surface area (Å²) < 4.78 is 1.78. The van der Waals surface area contributed by atoms with Crippen LogP contribution < -0.4 is 5.32 Å². The maximum Gasteiger partial charge on any atom is 0.0640 e. The molecule has 0 saturated carbocycles. The standard InChI is InChI=1S/C11H20N4O/c1-14-3-2-11(9-14)12-6-10-7-13-15(8-10)4-5-16/h7-8,11-12,16H,2-6,9H2,1H3. The minimum absolute atomic E-state index is 0.141. The Hall–Kier alpha value is -0.910. The van der Waals surface area contributed by atoms with E-state index in [4.69, 9.17) is 5.11 Å². The summed E-state index contributed by atoms with van der Waals surface area (Å²) in [5.74, 6) is 0. The molecule has 1 aromatic heterocycles. The van der Waals surface area contributed by atoms with Gasteiger partial charge in [0.1, 0.15) is 0 Å². The molecule has 2 N–H and O–H groups in total. The zero-order valence-electron chi connectivity index (χ0n) is 9.76. The van der Waals surface area contributed by atoms with Gasteiger partial charge in [0.15, 0.2) is 0 Å². The van der Waals surface area contributed by atoms with Gasteiger partial charge in [-0.05, 0) is 20.0 Å². The zero-order chi connectivity index (χ0) is 11.4. The first-order valence-corrected chi connectivity index (χ1v) is 5.82. The van der Waals surface area contributed by atoms with Crippen LogP contribution in [0.2, 0.25) is 0 Å². The first kappa shape index (κ1) is 11.6. The number of nitrogens with one attached hydrogen (secondary N) is 1. The number of rotatable bonds is 5. The van der Waals surface area contributed by atoms with Crippen LogP contribution in [0, 0.1) is 0 Å². The molecule has 0 aromatic carbocycles. The van der Waals surface area contributed by atoms with Gasteiger partial charge in [0.25, 0.3) is 0 Å². The van der Waals surface area contributed by atoms with Gasteiger partial charge in [-0.3, -0.25) is 4.68 Å². The minimum atomic E-state index is 0.141. The summed E-state index contributed by atoms with van der Waals surface area (Å²) in [6.45, 7) is 3.89. The average molecular weight is 224 g/mol. The van der Waals surface area contributed by atoms with Crippen molar-refractivity contribution in [3.63, 3.8) is 0 Å². The lowest BCUT2D eigenvalue weighted by Crippen LogP contribution is -2.30. The summed E-state index contributed by atoms with van der Waals surface area (Å²) in [5.41, 5.74) is 1.18. The smallest absolute Gasteiger partial charge is 0.0640 e. The molecule has 0 bridgehead atoms. The van der Waals surface area contributed by atoms with Crippen LogP contribution >= 0.6 is 0 Å². The monoisotopic (exact) mass is 224 g/mol. The largest absolute Gasteiger partial charge is 0.394 e. The lowest BCUT2D eigenvalue weighted by atomic mass is 10.2. The molecule has 1 aliphatic rings. The van der Waals surface area contributed by atoms with Crippen molar-refractivity contribution < 1.29 is 5.11 Å². The van der Waals surface area contributed by atoms with Crippen molar-refractivity contribution in [3.8, 4) is 0 Å². The molecule has 2 rings (SSSR count). The highest BCUT2D eigenvalue weighted by Crippen LogP contribution is 2.07. The second-order valence-electron chi connectivity index (χ2n) is 4.46. The van der Waals surface area contributed by atoms with Crippen molar-refractivity contribution >= 4 is 0 Å². The summed E-state index contributed by atoms with van der Waals surface area (Å²) in [7, 11) is 2.15. The van der Waals surface area contributed by atoms with Gasteiger partial charge >= 0.3 is 0 Å². The molecule has 90 valence electrons. The average Bonchev–Trinajstić information content (AvgIpc) is 2.85. The minimum Gasteiger partial charge on any atom is -0.394 e. The molecule has 1 fully saturated rings. The van der Waals surface area contributed by atoms with E-state index < -0.39 is 0 Å². The molecule has 1 aromatic rings. The molecule has 1 atom stereocenters. The zero-order valence-corrected chi connectivity index (χ0v) is 9.76. The van der Waals surface area contributed by atoms with Crippen molar-refractivity contribution in [2.45, 2.75) is 25.6 Å². The van der Waals surface area contributed by atoms with Crippen molar-refractivity contribution in [2.75, 3.05) is 26.7 Å². The van der Waals surface area contributed by atoms with Crippen LogP contribution in [-0.2, 0) is 13.1 Å². The molecular weight excluding hydrogens is 204 g/mol. The molecule has 16 heavy (non-hydrogen) atoms. The van der Waals surface area contributed by atoms with Crippen LogP contribution in [0.3, 0.4) is 0 Å². The molecule has 2 heterocycles. The van der Waals surface area contributed by atoms with E-state index >= 15 is 0 Å². The van der Waals surface area contributed by atoms with Crippen LogP contribution in [0.5, 0.6) is 0 Å². The van der Waals surface area contributed by atoms with Gasteiger partial charge < -0.3 is 15.3 Å². The van der Waals surface area contributed by atoms with Crippen LogP contribution in [0.4, 0.5) is 0 Å². The summed E-state index contributed by atoms with van der Waals surface area (Å²) in [5, 5.41) is 16.5. The van der Waals surface area contributed by atoms with E-state index in [1.807, 2.05) is 12.4 Å². The fraction of sp³-hybridized carbons (Fsp3) is 0.727. The summed E-state index contributed by atoms with van der Waals surface area (Å²) >= 11 is 0. The van der Waals surface area contributed by atoms with Crippen LogP contribution in [-0.4, -0.2) is 52.6 Å². The van der Waals surface area contributed by atoms with Crippen molar-refractivity contribution in [1.29, 1.82) is 0 Å². The first-order chi connectivity index (χ1) is 7.78. The second-order valence-corrected chi connectivity index (χ2v) is 4.46. The third-order valence-corrected chi connectivity index (χ3v) is 3.00. The van der Waals surface area contributed by atoms with Gasteiger partial charge in [-0.2, -0.15) is 5.10 Å². The van der Waals surface area contributed by atoms with Crippen molar-refractivity contribution in [1.82, 2.24) is 20.0 Å². The summed E-state index contributed by atoms with van der Waals surface area (Å²) in [6.07, 6.45) is 5.07. The summed E-state index contributed by atoms with van der Waals surface area (Å²) in [4.78, 5) is 2.34. The number of likely N-dealkylation sites (N-methyl/N-ethyl adjacent to an activating group) is 1. The molecule has 1 aliphatic heterocycles. The number of aromatic nitrogens is 2. The fourth-order valence-electron chi connectivity index (χ4n) is 2.09. The number of likely N-dealkylation sites (tertiary alicyclic amines) is 1. The fourth-order valence-corrected chi connectivity index (χ4v) is 2.09. The number of hydrogen-bond donors (Lipinski definition) is 2. The van der Waals surface area contributed by atoms with E-state index in [0.29, 0.717) is 12.6 Å². The van der Waals surface area contributed by atoms with E-state index in [1.54, 1.807) is 4.68 Å². The molecule has 5 heteroatoms. The third kappa shape index (κ3) is 3.04. The number of hydrogen-bond acceptors (Lipinski definition) is 4. The highest BCUT2D eigenvalue weighted by atomic mass is 16.3. The Kier molecular flexibility index (Phi) is 3.93. The van der Waals surface area contributed by atoms with Gasteiger partial charge in [-0.25, -0.2) is 0 Å². The molecule has 5 nitrogen and oxygen atoms in total.